The van der Waals surface area contributed by atoms with E-state index in [1.807, 2.05) is 30.4 Å². The first-order valence-corrected chi connectivity index (χ1v) is 10.1. The fourth-order valence-corrected chi connectivity index (χ4v) is 3.80. The first-order chi connectivity index (χ1) is 12.7. The Morgan fingerprint density at radius 3 is 2.85 bits per heavy atom. The molecule has 0 spiro atoms. The number of piperidine rings is 1. The van der Waals surface area contributed by atoms with E-state index >= 15 is 0 Å². The van der Waals surface area contributed by atoms with E-state index in [4.69, 9.17) is 4.42 Å². The number of nitrogens with one attached hydrogen (secondary N) is 2. The van der Waals surface area contributed by atoms with E-state index in [2.05, 4.69) is 44.6 Å². The summed E-state index contributed by atoms with van der Waals surface area (Å²) in [6, 6.07) is 8.70. The second kappa shape index (κ2) is 9.48. The fraction of sp³-hybridized carbons (Fsp3) is 0.450. The van der Waals surface area contributed by atoms with Crippen LogP contribution in [0.1, 0.15) is 25.5 Å². The molecule has 3 rings (SSSR count). The minimum absolute atomic E-state index is 0.450. The van der Waals surface area contributed by atoms with Crippen LogP contribution >= 0.6 is 11.3 Å². The molecule has 2 aromatic rings. The number of anilines is 1. The monoisotopic (exact) mass is 372 g/mol. The summed E-state index contributed by atoms with van der Waals surface area (Å²) in [5, 5.41) is 10.5. The highest BCUT2D eigenvalue weighted by Gasteiger charge is 2.20. The Hall–Kier alpha value is -2.21. The van der Waals surface area contributed by atoms with Crippen molar-refractivity contribution in [1.82, 2.24) is 10.6 Å². The van der Waals surface area contributed by atoms with Gasteiger partial charge in [-0.25, -0.2) is 4.99 Å². The van der Waals surface area contributed by atoms with Gasteiger partial charge in [-0.15, -0.1) is 11.3 Å². The third-order valence-electron chi connectivity index (χ3n) is 4.40. The lowest BCUT2D eigenvalue weighted by Gasteiger charge is -2.33. The van der Waals surface area contributed by atoms with Crippen LogP contribution in [0.15, 0.2) is 57.5 Å². The SMILES string of the molecule is C=C(C)CN=C(NCCc1ccco1)NC1CCN(c2cccs2)CC1. The lowest BCUT2D eigenvalue weighted by Crippen LogP contribution is -2.49. The number of nitrogens with zero attached hydrogens (tertiary/aromatic N) is 2. The van der Waals surface area contributed by atoms with Gasteiger partial charge < -0.3 is 20.0 Å². The van der Waals surface area contributed by atoms with Crippen LogP contribution in [0.2, 0.25) is 0 Å². The van der Waals surface area contributed by atoms with E-state index in [0.29, 0.717) is 12.6 Å². The molecule has 0 radical (unpaired) electrons. The van der Waals surface area contributed by atoms with Gasteiger partial charge in [0.15, 0.2) is 5.96 Å². The van der Waals surface area contributed by atoms with Crippen LogP contribution in [0.5, 0.6) is 0 Å². The Morgan fingerprint density at radius 1 is 1.35 bits per heavy atom. The smallest absolute Gasteiger partial charge is 0.191 e. The van der Waals surface area contributed by atoms with Gasteiger partial charge in [0.1, 0.15) is 5.76 Å². The number of guanidine groups is 1. The molecule has 2 aromatic heterocycles. The van der Waals surface area contributed by atoms with Crippen molar-refractivity contribution in [3.05, 3.63) is 53.8 Å². The van der Waals surface area contributed by atoms with Crippen LogP contribution in [0, 0.1) is 0 Å². The van der Waals surface area contributed by atoms with Crippen molar-refractivity contribution in [2.75, 3.05) is 31.1 Å². The standard InChI is InChI=1S/C20H28N4OS/c1-16(2)15-22-20(21-10-7-18-5-3-13-25-18)23-17-8-11-24(12-9-17)19-6-4-14-26-19/h3-6,13-14,17H,1,7-12,15H2,2H3,(H2,21,22,23). The van der Waals surface area contributed by atoms with Crippen LogP contribution in [0.4, 0.5) is 5.00 Å². The van der Waals surface area contributed by atoms with Crippen LogP contribution in [-0.2, 0) is 6.42 Å². The third-order valence-corrected chi connectivity index (χ3v) is 5.33. The lowest BCUT2D eigenvalue weighted by atomic mass is 10.1. The summed E-state index contributed by atoms with van der Waals surface area (Å²) in [6.07, 6.45) is 4.79. The maximum atomic E-state index is 5.39. The summed E-state index contributed by atoms with van der Waals surface area (Å²) in [5.74, 6) is 1.86. The largest absolute Gasteiger partial charge is 0.469 e. The molecule has 140 valence electrons. The summed E-state index contributed by atoms with van der Waals surface area (Å²) >= 11 is 1.82. The predicted molar refractivity (Wildman–Crippen MR) is 110 cm³/mol. The summed E-state index contributed by atoms with van der Waals surface area (Å²) < 4.78 is 5.39. The topological polar surface area (TPSA) is 52.8 Å². The molecule has 0 atom stereocenters. The van der Waals surface area contributed by atoms with E-state index in [-0.39, 0.29) is 0 Å². The molecule has 3 heterocycles. The van der Waals surface area contributed by atoms with E-state index in [9.17, 15) is 0 Å². The van der Waals surface area contributed by atoms with Gasteiger partial charge >= 0.3 is 0 Å². The van der Waals surface area contributed by atoms with Crippen LogP contribution < -0.4 is 15.5 Å². The Morgan fingerprint density at radius 2 is 2.19 bits per heavy atom. The summed E-state index contributed by atoms with van der Waals surface area (Å²) in [5.41, 5.74) is 1.06. The van der Waals surface area contributed by atoms with Gasteiger partial charge in [-0.1, -0.05) is 12.2 Å². The summed E-state index contributed by atoms with van der Waals surface area (Å²) in [6.45, 7) is 9.56. The molecule has 0 unspecified atom stereocenters. The number of thiophene rings is 1. The zero-order chi connectivity index (χ0) is 18.2. The normalized spacial score (nSPS) is 15.9. The fourth-order valence-electron chi connectivity index (χ4n) is 3.01. The highest BCUT2D eigenvalue weighted by molar-refractivity contribution is 7.14. The van der Waals surface area contributed by atoms with Gasteiger partial charge in [0.05, 0.1) is 17.8 Å². The Bertz CT molecular complexity index is 685. The molecule has 6 heteroatoms. The van der Waals surface area contributed by atoms with Crippen LogP contribution in [0.3, 0.4) is 0 Å². The van der Waals surface area contributed by atoms with Crippen molar-refractivity contribution in [1.29, 1.82) is 0 Å². The van der Waals surface area contributed by atoms with E-state index < -0.39 is 0 Å². The molecule has 5 nitrogen and oxygen atoms in total. The van der Waals surface area contributed by atoms with Gasteiger partial charge in [0.25, 0.3) is 0 Å². The number of hydrogen-bond donors (Lipinski definition) is 2. The minimum Gasteiger partial charge on any atom is -0.469 e. The van der Waals surface area contributed by atoms with Gasteiger partial charge in [-0.05, 0) is 49.4 Å². The average Bonchev–Trinajstić information content (AvgIpc) is 3.34. The molecule has 0 aromatic carbocycles. The zero-order valence-electron chi connectivity index (χ0n) is 15.4. The lowest BCUT2D eigenvalue weighted by molar-refractivity contribution is 0.461. The molecule has 0 amide bonds. The van der Waals surface area contributed by atoms with Crippen molar-refractivity contribution in [3.8, 4) is 0 Å². The highest BCUT2D eigenvalue weighted by Crippen LogP contribution is 2.24. The van der Waals surface area contributed by atoms with E-state index in [1.165, 1.54) is 5.00 Å². The van der Waals surface area contributed by atoms with Crippen LogP contribution in [-0.4, -0.2) is 38.2 Å². The molecule has 2 N–H and O–H groups in total. The highest BCUT2D eigenvalue weighted by atomic mass is 32.1. The van der Waals surface area contributed by atoms with Gasteiger partial charge in [-0.3, -0.25) is 0 Å². The molecule has 1 aliphatic rings. The molecule has 1 aliphatic heterocycles. The Labute approximate surface area is 159 Å². The first-order valence-electron chi connectivity index (χ1n) is 9.21. The summed E-state index contributed by atoms with van der Waals surface area (Å²) in [4.78, 5) is 7.13. The second-order valence-electron chi connectivity index (χ2n) is 6.74. The molecular formula is C20H28N4OS. The maximum absolute atomic E-state index is 5.39. The van der Waals surface area contributed by atoms with Crippen LogP contribution in [0.25, 0.3) is 0 Å². The quantitative estimate of drug-likeness (QED) is 0.442. The molecule has 26 heavy (non-hydrogen) atoms. The molecular weight excluding hydrogens is 344 g/mol. The summed E-state index contributed by atoms with van der Waals surface area (Å²) in [7, 11) is 0. The molecule has 0 saturated carbocycles. The van der Waals surface area contributed by atoms with Crippen molar-refractivity contribution in [3.63, 3.8) is 0 Å². The van der Waals surface area contributed by atoms with Crippen molar-refractivity contribution >= 4 is 22.3 Å². The minimum atomic E-state index is 0.450. The zero-order valence-corrected chi connectivity index (χ0v) is 16.2. The molecule has 1 saturated heterocycles. The molecule has 0 bridgehead atoms. The van der Waals surface area contributed by atoms with E-state index in [0.717, 1.165) is 56.2 Å². The molecule has 0 aliphatic carbocycles. The second-order valence-corrected chi connectivity index (χ2v) is 7.66. The van der Waals surface area contributed by atoms with Gasteiger partial charge in [0, 0.05) is 32.1 Å². The van der Waals surface area contributed by atoms with Gasteiger partial charge in [0.2, 0.25) is 0 Å². The third kappa shape index (κ3) is 5.66. The number of hydrogen-bond acceptors (Lipinski definition) is 4. The molecule has 1 fully saturated rings. The Balaban J connectivity index is 1.48. The Kier molecular flexibility index (Phi) is 6.77. The van der Waals surface area contributed by atoms with Gasteiger partial charge in [-0.2, -0.15) is 0 Å². The average molecular weight is 373 g/mol. The van der Waals surface area contributed by atoms with E-state index in [1.54, 1.807) is 6.26 Å². The first kappa shape index (κ1) is 18.6. The van der Waals surface area contributed by atoms with Crippen molar-refractivity contribution in [2.24, 2.45) is 4.99 Å². The number of rotatable bonds is 7. The number of aliphatic imine (C=N–C) groups is 1. The predicted octanol–water partition coefficient (Wildman–Crippen LogP) is 3.66. The van der Waals surface area contributed by atoms with Crippen molar-refractivity contribution < 1.29 is 4.42 Å². The number of furan rings is 1. The maximum Gasteiger partial charge on any atom is 0.191 e. The van der Waals surface area contributed by atoms with Crippen molar-refractivity contribution in [2.45, 2.75) is 32.2 Å².